The summed E-state index contributed by atoms with van der Waals surface area (Å²) >= 11 is 0. The maximum Gasteiger partial charge on any atom is 0.180 e. The molecule has 0 N–H and O–H groups in total. The Balaban J connectivity index is 1.33. The zero-order valence-corrected chi connectivity index (χ0v) is 33.6. The predicted molar refractivity (Wildman–Crippen MR) is 247 cm³/mol. The molecule has 0 bridgehead atoms. The number of rotatable bonds is 6. The van der Waals surface area contributed by atoms with Crippen molar-refractivity contribution in [3.05, 3.63) is 230 Å². The molecule has 0 aliphatic carbocycles. The summed E-state index contributed by atoms with van der Waals surface area (Å²) in [5.41, 5.74) is 9.83. The second-order valence-corrected chi connectivity index (χ2v) is 22.6. The molecule has 2 aliphatic heterocycles. The topological polar surface area (TPSA) is 0 Å². The molecule has 2 unspecified atom stereocenters. The molecule has 11 rings (SSSR count). The van der Waals surface area contributed by atoms with Gasteiger partial charge in [-0.2, -0.15) is 0 Å². The van der Waals surface area contributed by atoms with Gasteiger partial charge >= 0.3 is 0 Å². The van der Waals surface area contributed by atoms with Crippen LogP contribution in [0.25, 0.3) is 44.5 Å². The Labute approximate surface area is 341 Å². The van der Waals surface area contributed by atoms with E-state index in [9.17, 15) is 4.11 Å². The van der Waals surface area contributed by atoms with Gasteiger partial charge in [0.2, 0.25) is 0 Å². The Morgan fingerprint density at radius 1 is 0.316 bits per heavy atom. The molecule has 0 fully saturated rings. The van der Waals surface area contributed by atoms with Gasteiger partial charge in [0.05, 0.1) is 4.11 Å². The Bertz CT molecular complexity index is 3060. The van der Waals surface area contributed by atoms with Crippen molar-refractivity contribution in [3.8, 4) is 44.5 Å². The molecule has 0 spiro atoms. The summed E-state index contributed by atoms with van der Waals surface area (Å²) in [6.07, 6.45) is 0. The van der Waals surface area contributed by atoms with Crippen LogP contribution in [0.3, 0.4) is 0 Å². The lowest BCUT2D eigenvalue weighted by Gasteiger charge is -2.36. The molecule has 0 aromatic heterocycles. The molecule has 9 aromatic rings. The summed E-state index contributed by atoms with van der Waals surface area (Å²) in [6.45, 7) is 1.96. The first-order valence-electron chi connectivity index (χ1n) is 21.3. The van der Waals surface area contributed by atoms with Crippen LogP contribution in [0, 0.1) is 6.92 Å². The van der Waals surface area contributed by atoms with Crippen molar-refractivity contribution in [2.45, 2.75) is 6.92 Å². The van der Waals surface area contributed by atoms with Gasteiger partial charge in [-0.1, -0.05) is 230 Å². The fourth-order valence-corrected chi connectivity index (χ4v) is 20.3. The first kappa shape index (κ1) is 30.6. The molecular weight excluding hydrogens is 717 g/mol. The van der Waals surface area contributed by atoms with E-state index < -0.39 is 16.1 Å². The zero-order valence-electron chi connectivity index (χ0n) is 34.6. The van der Waals surface area contributed by atoms with Gasteiger partial charge in [0.15, 0.2) is 16.1 Å². The van der Waals surface area contributed by atoms with Crippen molar-refractivity contribution >= 4 is 57.6 Å². The molecule has 2 aliphatic rings. The minimum Gasteiger partial charge on any atom is -0.0623 e. The fraction of sp³-hybridized carbons (Fsp3) is 0.0182. The van der Waals surface area contributed by atoms with E-state index >= 15 is 0 Å². The van der Waals surface area contributed by atoms with E-state index in [4.69, 9.17) is 0 Å². The Morgan fingerprint density at radius 2 is 0.772 bits per heavy atom. The van der Waals surface area contributed by atoms with Gasteiger partial charge in [0.1, 0.15) is 0 Å². The molecular formula is C55H40Si2. The average molecular weight is 760 g/mol. The first-order chi connectivity index (χ1) is 29.5. The molecule has 0 saturated heterocycles. The zero-order chi connectivity index (χ0) is 40.6. The predicted octanol–water partition coefficient (Wildman–Crippen LogP) is 8.04. The smallest absolute Gasteiger partial charge is 0.0623 e. The van der Waals surface area contributed by atoms with Crippen LogP contribution in [0.15, 0.2) is 224 Å². The van der Waals surface area contributed by atoms with Crippen LogP contribution in [0.4, 0.5) is 0 Å². The van der Waals surface area contributed by atoms with Crippen LogP contribution in [0.5, 0.6) is 0 Å². The monoisotopic (exact) mass is 759 g/mol. The molecule has 9 aromatic carbocycles. The third kappa shape index (κ3) is 4.91. The fourth-order valence-electron chi connectivity index (χ4n) is 10.1. The lowest BCUT2D eigenvalue weighted by molar-refractivity contribution is 1.50. The van der Waals surface area contributed by atoms with Gasteiger partial charge in [-0.15, -0.1) is 0 Å². The number of fused-ring (bicyclic) bond motifs is 6. The molecule has 268 valence electrons. The third-order valence-corrected chi connectivity index (χ3v) is 21.7. The van der Waals surface area contributed by atoms with Gasteiger partial charge in [-0.3, -0.25) is 0 Å². The van der Waals surface area contributed by atoms with Gasteiger partial charge in [-0.25, -0.2) is 0 Å². The van der Waals surface area contributed by atoms with Crippen molar-refractivity contribution < 1.29 is 4.11 Å². The summed E-state index contributed by atoms with van der Waals surface area (Å²) in [4.78, 5) is 0. The summed E-state index contributed by atoms with van der Waals surface area (Å²) in [7, 11) is -6.87. The quantitative estimate of drug-likeness (QED) is 0.151. The van der Waals surface area contributed by atoms with Gasteiger partial charge in [-0.05, 0) is 92.9 Å². The van der Waals surface area contributed by atoms with Crippen molar-refractivity contribution in [2.75, 3.05) is 0 Å². The number of benzene rings is 9. The van der Waals surface area contributed by atoms with Crippen LogP contribution >= 0.6 is 0 Å². The molecule has 0 nitrogen and oxygen atoms in total. The van der Waals surface area contributed by atoms with Crippen LogP contribution in [0.1, 0.15) is 9.68 Å². The number of hydrogen-bond acceptors (Lipinski definition) is 0. The minimum absolute atomic E-state index is 0.304. The maximum atomic E-state index is 11.0. The van der Waals surface area contributed by atoms with E-state index in [1.807, 2.05) is 6.92 Å². The van der Waals surface area contributed by atoms with Crippen molar-refractivity contribution in [3.63, 3.8) is 0 Å². The number of hydrogen-bond donors (Lipinski definition) is 0. The lowest BCUT2D eigenvalue weighted by atomic mass is 9.95. The Hall–Kier alpha value is -6.59. The van der Waals surface area contributed by atoms with E-state index in [-0.39, 0.29) is 0 Å². The molecule has 2 atom stereocenters. The van der Waals surface area contributed by atoms with Crippen LogP contribution in [0.2, 0.25) is 0 Å². The van der Waals surface area contributed by atoms with E-state index in [0.717, 1.165) is 59.7 Å². The average Bonchev–Trinajstić information content (AvgIpc) is 3.78. The van der Waals surface area contributed by atoms with E-state index in [1.54, 1.807) is 0 Å². The maximum absolute atomic E-state index is 11.0. The summed E-state index contributed by atoms with van der Waals surface area (Å²) in [5, 5.41) is 8.57. The highest BCUT2D eigenvalue weighted by atomic mass is 28.3. The SMILES string of the molecule is [2H]c1c(C)c([2H])c([Si]2(c3ccccc3)c3ccccc3-c3c(-c4ccccc4)cccc32)c([2H])c1[Si]1(c2ccccc2)c2ccccc2-c2ccc(-c3ccccc3)cc21. The molecule has 2 heteroatoms. The van der Waals surface area contributed by atoms with Gasteiger partial charge in [0.25, 0.3) is 0 Å². The van der Waals surface area contributed by atoms with Gasteiger partial charge in [0, 0.05) is 0 Å². The standard InChI is InChI=1S/C55H40Si2/c1-39-35-45(56(43-23-10-4-11-24-43)52-31-17-15-28-50(52)55-47(29-18-32-53(55)56)41-21-8-3-9-22-41)38-46(36-39)57(44-25-12-5-13-26-44)51-30-16-14-27-48(51)49-34-33-42(37-54(49)57)40-19-6-2-7-20-40/h2-38H,1H3/i35D,36D,38D. The van der Waals surface area contributed by atoms with Crippen LogP contribution < -0.4 is 41.5 Å². The second kappa shape index (κ2) is 13.3. The molecule has 57 heavy (non-hydrogen) atoms. The second-order valence-electron chi connectivity index (χ2n) is 15.3. The normalized spacial score (nSPS) is 18.1. The Morgan fingerprint density at radius 3 is 1.40 bits per heavy atom. The van der Waals surface area contributed by atoms with Crippen LogP contribution in [-0.2, 0) is 0 Å². The molecule has 0 amide bonds. The van der Waals surface area contributed by atoms with Crippen LogP contribution in [-0.4, -0.2) is 16.1 Å². The van der Waals surface area contributed by atoms with E-state index in [0.29, 0.717) is 23.7 Å². The molecule has 0 saturated carbocycles. The molecule has 2 heterocycles. The highest BCUT2D eigenvalue weighted by Crippen LogP contribution is 2.37. The highest BCUT2D eigenvalue weighted by Gasteiger charge is 2.52. The van der Waals surface area contributed by atoms with Crippen molar-refractivity contribution in [2.24, 2.45) is 0 Å². The summed E-state index contributed by atoms with van der Waals surface area (Å²) < 4.78 is 31.6. The summed E-state index contributed by atoms with van der Waals surface area (Å²) in [6, 6.07) is 74.6. The van der Waals surface area contributed by atoms with E-state index in [1.165, 1.54) is 26.3 Å². The first-order valence-corrected chi connectivity index (χ1v) is 23.8. The van der Waals surface area contributed by atoms with Crippen molar-refractivity contribution in [1.29, 1.82) is 0 Å². The molecule has 0 radical (unpaired) electrons. The van der Waals surface area contributed by atoms with Crippen molar-refractivity contribution in [1.82, 2.24) is 0 Å². The Kier molecular flexibility index (Phi) is 7.13. The highest BCUT2D eigenvalue weighted by molar-refractivity contribution is 7.24. The largest absolute Gasteiger partial charge is 0.180 e. The van der Waals surface area contributed by atoms with E-state index in [2.05, 4.69) is 206 Å². The lowest BCUT2D eigenvalue weighted by Crippen LogP contribution is -2.76. The third-order valence-electron chi connectivity index (χ3n) is 12.3. The minimum atomic E-state index is -3.43. The summed E-state index contributed by atoms with van der Waals surface area (Å²) in [5.74, 6) is 0. The van der Waals surface area contributed by atoms with Gasteiger partial charge < -0.3 is 0 Å².